The number of nitrogens with one attached hydrogen (secondary N) is 1. The third-order valence-electron chi connectivity index (χ3n) is 6.56. The zero-order valence-corrected chi connectivity index (χ0v) is 22.9. The van der Waals surface area contributed by atoms with Crippen LogP contribution in [0.1, 0.15) is 12.0 Å². The van der Waals surface area contributed by atoms with Crippen LogP contribution in [0, 0.1) is 11.6 Å². The minimum absolute atomic E-state index is 0.0254. The number of aromatic hydroxyl groups is 1. The van der Waals surface area contributed by atoms with Gasteiger partial charge in [0.05, 0.1) is 22.9 Å². The van der Waals surface area contributed by atoms with Crippen LogP contribution in [0.3, 0.4) is 0 Å². The van der Waals surface area contributed by atoms with Crippen molar-refractivity contribution in [3.05, 3.63) is 78.4 Å². The summed E-state index contributed by atoms with van der Waals surface area (Å²) in [7, 11) is 0. The molecule has 1 atom stereocenters. The summed E-state index contributed by atoms with van der Waals surface area (Å²) >= 11 is 1.44. The lowest BCUT2D eigenvalue weighted by Gasteiger charge is -2.42. The number of aliphatic imine (C=N–C) groups is 1. The summed E-state index contributed by atoms with van der Waals surface area (Å²) < 4.78 is 30.4. The highest BCUT2D eigenvalue weighted by Crippen LogP contribution is 2.36. The second-order valence-corrected chi connectivity index (χ2v) is 9.80. The Hall–Kier alpha value is -4.58. The molecule has 1 saturated heterocycles. The predicted molar refractivity (Wildman–Crippen MR) is 153 cm³/mol. The number of hydrogen-bond donors (Lipinski definition) is 2. The van der Waals surface area contributed by atoms with Gasteiger partial charge in [-0.05, 0) is 42.7 Å². The Bertz CT molecular complexity index is 1500. The Morgan fingerprint density at radius 2 is 1.98 bits per heavy atom. The number of piperazine rings is 1. The lowest BCUT2D eigenvalue weighted by Crippen LogP contribution is -2.56. The molecule has 0 spiro atoms. The molecule has 4 rings (SSSR count). The second kappa shape index (κ2) is 13.2. The maximum absolute atomic E-state index is 15.7. The minimum atomic E-state index is -0.977. The molecular formula is C29H27F2N5O4S. The van der Waals surface area contributed by atoms with E-state index in [1.165, 1.54) is 30.0 Å². The van der Waals surface area contributed by atoms with Crippen molar-refractivity contribution in [3.63, 3.8) is 0 Å². The Kier molecular flexibility index (Phi) is 9.45. The van der Waals surface area contributed by atoms with Crippen molar-refractivity contribution in [2.45, 2.75) is 17.4 Å². The molecule has 9 nitrogen and oxygen atoms in total. The van der Waals surface area contributed by atoms with Gasteiger partial charge in [-0.2, -0.15) is 0 Å². The fraction of sp³-hybridized carbons (Fsp3) is 0.207. The van der Waals surface area contributed by atoms with Crippen molar-refractivity contribution in [2.24, 2.45) is 4.99 Å². The quantitative estimate of drug-likeness (QED) is 0.127. The summed E-state index contributed by atoms with van der Waals surface area (Å²) in [5.74, 6) is -2.67. The van der Waals surface area contributed by atoms with Crippen LogP contribution in [0.25, 0.3) is 11.3 Å². The summed E-state index contributed by atoms with van der Waals surface area (Å²) in [5.41, 5.74) is -0.377. The van der Waals surface area contributed by atoms with Crippen molar-refractivity contribution in [1.29, 1.82) is 0 Å². The number of halogens is 2. The van der Waals surface area contributed by atoms with E-state index in [-0.39, 0.29) is 49.2 Å². The molecule has 2 heterocycles. The van der Waals surface area contributed by atoms with E-state index in [0.29, 0.717) is 12.1 Å². The largest absolute Gasteiger partial charge is 0.507 e. The monoisotopic (exact) mass is 579 g/mol. The van der Waals surface area contributed by atoms with Crippen LogP contribution in [0.2, 0.25) is 0 Å². The number of aromatic nitrogens is 1. The standard InChI is InChI=1S/C29H27F2N5O4S/c1-3-25(40)35-12-13-36(18(16-35)11-14-37)29(33-22-8-4-5-10-24(22)41-2)19-15-21(31)27(34-28(19)32-17-38)26-20(30)7-6-9-23(26)39/h3-10,14-15,17-18,39H,1,11-13,16H2,2H3,(H,32,34,38). The first-order valence-corrected chi connectivity index (χ1v) is 13.8. The number of hydrogen-bond acceptors (Lipinski definition) is 7. The van der Waals surface area contributed by atoms with Gasteiger partial charge in [0, 0.05) is 31.0 Å². The van der Waals surface area contributed by atoms with Crippen LogP contribution in [0.5, 0.6) is 5.75 Å². The van der Waals surface area contributed by atoms with E-state index >= 15 is 4.39 Å². The van der Waals surface area contributed by atoms with E-state index in [1.54, 1.807) is 21.9 Å². The Morgan fingerprint density at radius 3 is 2.66 bits per heavy atom. The molecular weight excluding hydrogens is 552 g/mol. The topological polar surface area (TPSA) is 115 Å². The van der Waals surface area contributed by atoms with Gasteiger partial charge in [-0.15, -0.1) is 11.8 Å². The summed E-state index contributed by atoms with van der Waals surface area (Å²) in [6, 6.07) is 11.3. The number of aldehydes is 1. The van der Waals surface area contributed by atoms with E-state index in [2.05, 4.69) is 16.9 Å². The highest BCUT2D eigenvalue weighted by molar-refractivity contribution is 7.98. The van der Waals surface area contributed by atoms with Crippen molar-refractivity contribution >= 4 is 47.7 Å². The van der Waals surface area contributed by atoms with Crippen molar-refractivity contribution in [2.75, 3.05) is 31.2 Å². The molecule has 1 aliphatic rings. The molecule has 1 fully saturated rings. The second-order valence-electron chi connectivity index (χ2n) is 8.96. The molecule has 1 aliphatic heterocycles. The summed E-state index contributed by atoms with van der Waals surface area (Å²) in [6.45, 7) is 4.18. The Labute approximate surface area is 239 Å². The van der Waals surface area contributed by atoms with Gasteiger partial charge in [0.15, 0.2) is 5.82 Å². The number of para-hydroxylation sites is 1. The first kappa shape index (κ1) is 29.4. The molecule has 2 N–H and O–H groups in total. The number of phenolic OH excluding ortho intramolecular Hbond substituents is 1. The fourth-order valence-corrected chi connectivity index (χ4v) is 5.18. The van der Waals surface area contributed by atoms with Crippen LogP contribution >= 0.6 is 11.8 Å². The maximum atomic E-state index is 15.7. The van der Waals surface area contributed by atoms with Gasteiger partial charge in [0.2, 0.25) is 12.3 Å². The fourth-order valence-electron chi connectivity index (χ4n) is 4.64. The number of anilines is 1. The van der Waals surface area contributed by atoms with Crippen LogP contribution in [0.4, 0.5) is 20.3 Å². The molecule has 0 bridgehead atoms. The SMILES string of the molecule is C=CC(=O)N1CCN(C(=Nc2ccccc2SC)c2cc(F)c(-c3c(O)cccc3F)nc2NC=O)C(CC=O)C1. The average molecular weight is 580 g/mol. The van der Waals surface area contributed by atoms with Crippen LogP contribution in [-0.2, 0) is 14.4 Å². The molecule has 3 aromatic rings. The molecule has 0 aliphatic carbocycles. The van der Waals surface area contributed by atoms with Gasteiger partial charge in [-0.1, -0.05) is 24.8 Å². The number of rotatable bonds is 9. The molecule has 1 unspecified atom stereocenters. The zero-order chi connectivity index (χ0) is 29.5. The Balaban J connectivity index is 1.95. The Morgan fingerprint density at radius 1 is 1.20 bits per heavy atom. The van der Waals surface area contributed by atoms with Gasteiger partial charge >= 0.3 is 0 Å². The number of phenols is 1. The van der Waals surface area contributed by atoms with Gasteiger partial charge in [0.1, 0.15) is 35.2 Å². The number of benzene rings is 2. The van der Waals surface area contributed by atoms with Gasteiger partial charge in [-0.3, -0.25) is 9.59 Å². The molecule has 2 amide bonds. The highest BCUT2D eigenvalue weighted by Gasteiger charge is 2.33. The lowest BCUT2D eigenvalue weighted by molar-refractivity contribution is -0.128. The first-order chi connectivity index (χ1) is 19.8. The van der Waals surface area contributed by atoms with E-state index in [1.807, 2.05) is 18.4 Å². The number of carbonyl (C=O) groups is 3. The van der Waals surface area contributed by atoms with Crippen LogP contribution in [-0.4, -0.2) is 76.3 Å². The molecule has 0 saturated carbocycles. The van der Waals surface area contributed by atoms with E-state index in [0.717, 1.165) is 23.3 Å². The molecule has 12 heteroatoms. The molecule has 212 valence electrons. The summed E-state index contributed by atoms with van der Waals surface area (Å²) in [6.07, 6.45) is 4.16. The first-order valence-electron chi connectivity index (χ1n) is 12.5. The smallest absolute Gasteiger partial charge is 0.246 e. The zero-order valence-electron chi connectivity index (χ0n) is 22.1. The lowest BCUT2D eigenvalue weighted by atomic mass is 10.0. The number of nitrogens with zero attached hydrogens (tertiary/aromatic N) is 4. The highest BCUT2D eigenvalue weighted by atomic mass is 32.2. The number of amidine groups is 1. The van der Waals surface area contributed by atoms with E-state index in [9.17, 15) is 23.9 Å². The third-order valence-corrected chi connectivity index (χ3v) is 7.35. The van der Waals surface area contributed by atoms with Gasteiger partial charge in [0.25, 0.3) is 0 Å². The maximum Gasteiger partial charge on any atom is 0.246 e. The number of pyridine rings is 1. The average Bonchev–Trinajstić information content (AvgIpc) is 2.97. The van der Waals surface area contributed by atoms with Crippen LogP contribution < -0.4 is 5.32 Å². The van der Waals surface area contributed by atoms with Gasteiger partial charge < -0.3 is 25.0 Å². The normalized spacial score (nSPS) is 15.4. The van der Waals surface area contributed by atoms with E-state index in [4.69, 9.17) is 4.99 Å². The van der Waals surface area contributed by atoms with Crippen molar-refractivity contribution in [3.8, 4) is 17.0 Å². The number of thioether (sulfide) groups is 1. The van der Waals surface area contributed by atoms with Gasteiger partial charge in [-0.25, -0.2) is 18.8 Å². The van der Waals surface area contributed by atoms with Crippen molar-refractivity contribution < 1.29 is 28.3 Å². The third kappa shape index (κ3) is 6.27. The number of amides is 2. The minimum Gasteiger partial charge on any atom is -0.507 e. The molecule has 1 aromatic heterocycles. The number of carbonyl (C=O) groups excluding carboxylic acids is 3. The van der Waals surface area contributed by atoms with Crippen LogP contribution in [0.15, 0.2) is 71.1 Å². The van der Waals surface area contributed by atoms with Crippen molar-refractivity contribution in [1.82, 2.24) is 14.8 Å². The summed E-state index contributed by atoms with van der Waals surface area (Å²) in [4.78, 5) is 48.9. The predicted octanol–water partition coefficient (Wildman–Crippen LogP) is 4.39. The molecule has 0 radical (unpaired) electrons. The van der Waals surface area contributed by atoms with E-state index < -0.39 is 34.7 Å². The molecule has 41 heavy (non-hydrogen) atoms. The summed E-state index contributed by atoms with van der Waals surface area (Å²) in [5, 5.41) is 12.7. The molecule has 2 aromatic carbocycles.